The van der Waals surface area contributed by atoms with Gasteiger partial charge in [-0.25, -0.2) is 0 Å². The number of rotatable bonds is 5. The van der Waals surface area contributed by atoms with Gasteiger partial charge in [-0.2, -0.15) is 0 Å². The standard InChI is InChI=1S/C10H21NO2/c1-5-9(12)11-8-13-7-6-10(2,3)4/h5-8H2,1-4H3,(H,11,12). The molecule has 0 aliphatic rings. The maximum absolute atomic E-state index is 10.8. The van der Waals surface area contributed by atoms with Crippen LogP contribution in [0.25, 0.3) is 0 Å². The van der Waals surface area contributed by atoms with E-state index in [-0.39, 0.29) is 5.91 Å². The van der Waals surface area contributed by atoms with Crippen molar-refractivity contribution in [2.24, 2.45) is 5.41 Å². The van der Waals surface area contributed by atoms with Gasteiger partial charge in [-0.05, 0) is 11.8 Å². The van der Waals surface area contributed by atoms with Gasteiger partial charge in [-0.1, -0.05) is 27.7 Å². The zero-order valence-corrected chi connectivity index (χ0v) is 9.14. The minimum atomic E-state index is 0.0377. The highest BCUT2D eigenvalue weighted by Crippen LogP contribution is 2.17. The maximum atomic E-state index is 10.8. The molecule has 3 heteroatoms. The zero-order valence-electron chi connectivity index (χ0n) is 9.14. The average Bonchev–Trinajstić information content (AvgIpc) is 2.01. The van der Waals surface area contributed by atoms with Crippen LogP contribution in [0, 0.1) is 5.41 Å². The third kappa shape index (κ3) is 9.34. The fraction of sp³-hybridized carbons (Fsp3) is 0.900. The van der Waals surface area contributed by atoms with Crippen molar-refractivity contribution in [1.29, 1.82) is 0 Å². The first-order valence-electron chi connectivity index (χ1n) is 4.80. The molecule has 0 heterocycles. The number of carbonyl (C=O) groups is 1. The summed E-state index contributed by atoms with van der Waals surface area (Å²) in [6.45, 7) is 9.36. The van der Waals surface area contributed by atoms with Crippen LogP contribution in [-0.4, -0.2) is 19.2 Å². The Morgan fingerprint density at radius 2 is 2.00 bits per heavy atom. The Balaban J connectivity index is 3.22. The molecule has 0 spiro atoms. The summed E-state index contributed by atoms with van der Waals surface area (Å²) in [5, 5.41) is 2.66. The lowest BCUT2D eigenvalue weighted by atomic mass is 9.93. The third-order valence-electron chi connectivity index (χ3n) is 1.69. The first-order chi connectivity index (χ1) is 5.95. The molecule has 0 aliphatic heterocycles. The van der Waals surface area contributed by atoms with E-state index in [9.17, 15) is 4.79 Å². The molecule has 0 fully saturated rings. The highest BCUT2D eigenvalue weighted by Gasteiger charge is 2.08. The van der Waals surface area contributed by atoms with Crippen LogP contribution >= 0.6 is 0 Å². The number of amides is 1. The summed E-state index contributed by atoms with van der Waals surface area (Å²) in [7, 11) is 0. The molecule has 3 nitrogen and oxygen atoms in total. The molecule has 13 heavy (non-hydrogen) atoms. The molecule has 0 rings (SSSR count). The van der Waals surface area contributed by atoms with E-state index in [4.69, 9.17) is 4.74 Å². The van der Waals surface area contributed by atoms with Crippen molar-refractivity contribution in [3.8, 4) is 0 Å². The van der Waals surface area contributed by atoms with Crippen LogP contribution in [0.5, 0.6) is 0 Å². The van der Waals surface area contributed by atoms with Crippen LogP contribution in [0.3, 0.4) is 0 Å². The van der Waals surface area contributed by atoms with Gasteiger partial charge >= 0.3 is 0 Å². The highest BCUT2D eigenvalue weighted by atomic mass is 16.5. The van der Waals surface area contributed by atoms with Gasteiger partial charge in [0.1, 0.15) is 6.73 Å². The Morgan fingerprint density at radius 3 is 2.46 bits per heavy atom. The lowest BCUT2D eigenvalue weighted by Gasteiger charge is -2.17. The predicted octanol–water partition coefficient (Wildman–Crippen LogP) is 1.92. The first kappa shape index (κ1) is 12.4. The van der Waals surface area contributed by atoms with Crippen molar-refractivity contribution < 1.29 is 9.53 Å². The Labute approximate surface area is 80.8 Å². The van der Waals surface area contributed by atoms with Crippen LogP contribution in [-0.2, 0) is 9.53 Å². The van der Waals surface area contributed by atoms with E-state index in [1.54, 1.807) is 0 Å². The second kappa shape index (κ2) is 5.97. The van der Waals surface area contributed by atoms with Crippen molar-refractivity contribution in [3.05, 3.63) is 0 Å². The van der Waals surface area contributed by atoms with Gasteiger partial charge in [-0.3, -0.25) is 4.79 Å². The maximum Gasteiger partial charge on any atom is 0.221 e. The monoisotopic (exact) mass is 187 g/mol. The van der Waals surface area contributed by atoms with Gasteiger partial charge in [0.2, 0.25) is 5.91 Å². The SMILES string of the molecule is CCC(=O)NCOCCC(C)(C)C. The van der Waals surface area contributed by atoms with E-state index in [1.165, 1.54) is 0 Å². The quantitative estimate of drug-likeness (QED) is 0.527. The topological polar surface area (TPSA) is 38.3 Å². The van der Waals surface area contributed by atoms with Crippen molar-refractivity contribution in [1.82, 2.24) is 5.32 Å². The lowest BCUT2D eigenvalue weighted by Crippen LogP contribution is -2.25. The summed E-state index contributed by atoms with van der Waals surface area (Å²) in [6.07, 6.45) is 1.53. The number of hydrogen-bond acceptors (Lipinski definition) is 2. The van der Waals surface area contributed by atoms with E-state index in [2.05, 4.69) is 26.1 Å². The second-order valence-corrected chi connectivity index (χ2v) is 4.32. The van der Waals surface area contributed by atoms with Crippen LogP contribution in [0.1, 0.15) is 40.5 Å². The molecule has 0 aromatic rings. The Hall–Kier alpha value is -0.570. The van der Waals surface area contributed by atoms with Crippen molar-refractivity contribution in [3.63, 3.8) is 0 Å². The predicted molar refractivity (Wildman–Crippen MR) is 53.3 cm³/mol. The zero-order chi connectivity index (χ0) is 10.3. The average molecular weight is 187 g/mol. The van der Waals surface area contributed by atoms with Gasteiger partial charge in [-0.15, -0.1) is 0 Å². The van der Waals surface area contributed by atoms with Crippen LogP contribution < -0.4 is 5.32 Å². The van der Waals surface area contributed by atoms with E-state index >= 15 is 0 Å². The molecule has 0 bridgehead atoms. The molecule has 1 amide bonds. The van der Waals surface area contributed by atoms with E-state index in [0.717, 1.165) is 6.42 Å². The van der Waals surface area contributed by atoms with Crippen LogP contribution in [0.2, 0.25) is 0 Å². The molecular weight excluding hydrogens is 166 g/mol. The molecule has 0 aromatic heterocycles. The van der Waals surface area contributed by atoms with Crippen LogP contribution in [0.4, 0.5) is 0 Å². The summed E-state index contributed by atoms with van der Waals surface area (Å²) >= 11 is 0. The largest absolute Gasteiger partial charge is 0.361 e. The summed E-state index contributed by atoms with van der Waals surface area (Å²) < 4.78 is 5.25. The third-order valence-corrected chi connectivity index (χ3v) is 1.69. The molecule has 0 aromatic carbocycles. The van der Waals surface area contributed by atoms with E-state index in [1.807, 2.05) is 6.92 Å². The normalized spacial score (nSPS) is 11.4. The van der Waals surface area contributed by atoms with Gasteiger partial charge in [0.15, 0.2) is 0 Å². The molecule has 78 valence electrons. The summed E-state index contributed by atoms with van der Waals surface area (Å²) in [5.41, 5.74) is 0.300. The fourth-order valence-electron chi connectivity index (χ4n) is 0.707. The summed E-state index contributed by atoms with van der Waals surface area (Å²) in [5.74, 6) is 0.0377. The molecule has 0 radical (unpaired) electrons. The first-order valence-corrected chi connectivity index (χ1v) is 4.80. The van der Waals surface area contributed by atoms with Crippen molar-refractivity contribution >= 4 is 5.91 Å². The molecule has 0 aliphatic carbocycles. The van der Waals surface area contributed by atoms with Gasteiger partial charge in [0.05, 0.1) is 0 Å². The van der Waals surface area contributed by atoms with Crippen molar-refractivity contribution in [2.45, 2.75) is 40.5 Å². The molecule has 0 unspecified atom stereocenters. The number of carbonyl (C=O) groups excluding carboxylic acids is 1. The van der Waals surface area contributed by atoms with E-state index in [0.29, 0.717) is 25.2 Å². The molecule has 0 atom stereocenters. The number of hydrogen-bond donors (Lipinski definition) is 1. The minimum absolute atomic E-state index is 0.0377. The van der Waals surface area contributed by atoms with Gasteiger partial charge < -0.3 is 10.1 Å². The minimum Gasteiger partial charge on any atom is -0.361 e. The van der Waals surface area contributed by atoms with Crippen molar-refractivity contribution in [2.75, 3.05) is 13.3 Å². The molecule has 0 saturated carbocycles. The van der Waals surface area contributed by atoms with Crippen LogP contribution in [0.15, 0.2) is 0 Å². The van der Waals surface area contributed by atoms with Gasteiger partial charge in [0.25, 0.3) is 0 Å². The molecule has 0 saturated heterocycles. The Bertz CT molecular complexity index is 149. The summed E-state index contributed by atoms with van der Waals surface area (Å²) in [6, 6.07) is 0. The number of ether oxygens (including phenoxy) is 1. The summed E-state index contributed by atoms with van der Waals surface area (Å²) in [4.78, 5) is 10.8. The van der Waals surface area contributed by atoms with E-state index < -0.39 is 0 Å². The Morgan fingerprint density at radius 1 is 1.38 bits per heavy atom. The van der Waals surface area contributed by atoms with Gasteiger partial charge in [0, 0.05) is 13.0 Å². The Kier molecular flexibility index (Phi) is 5.71. The highest BCUT2D eigenvalue weighted by molar-refractivity contribution is 5.75. The number of nitrogens with one attached hydrogen (secondary N) is 1. The lowest BCUT2D eigenvalue weighted by molar-refractivity contribution is -0.122. The smallest absolute Gasteiger partial charge is 0.221 e. The molecular formula is C10H21NO2. The molecule has 1 N–H and O–H groups in total. The second-order valence-electron chi connectivity index (χ2n) is 4.32. The fourth-order valence-corrected chi connectivity index (χ4v) is 0.707.